The SMILES string of the molecule is CCS(=O)(=O)c1ccccc1[C@H]1[C@@H](C(=O)O)CCN1C(=O)[C@H](Nc1ccc2c(N)nccc2c1)c1cc(Cl)ccc1F. The summed E-state index contributed by atoms with van der Waals surface area (Å²) < 4.78 is 41.3. The fourth-order valence-electron chi connectivity index (χ4n) is 5.48. The minimum absolute atomic E-state index is 0.0151. The number of fused-ring (bicyclic) bond motifs is 1. The van der Waals surface area contributed by atoms with Crippen molar-refractivity contribution in [1.29, 1.82) is 0 Å². The Kier molecular flexibility index (Phi) is 8.07. The monoisotopic (exact) mass is 610 g/mol. The van der Waals surface area contributed by atoms with Gasteiger partial charge in [-0.05, 0) is 65.9 Å². The molecule has 0 bridgehead atoms. The summed E-state index contributed by atoms with van der Waals surface area (Å²) in [5.74, 6) is -3.46. The molecule has 5 rings (SSSR count). The number of carboxylic acid groups (broad SMARTS) is 1. The molecule has 1 amide bonds. The van der Waals surface area contributed by atoms with Gasteiger partial charge >= 0.3 is 5.97 Å². The number of benzene rings is 3. The summed E-state index contributed by atoms with van der Waals surface area (Å²) in [4.78, 5) is 32.1. The van der Waals surface area contributed by atoms with Crippen LogP contribution < -0.4 is 11.1 Å². The highest BCUT2D eigenvalue weighted by Gasteiger charge is 2.46. The average Bonchev–Trinajstić information content (AvgIpc) is 3.43. The molecule has 1 fully saturated rings. The number of sulfone groups is 1. The molecule has 1 aliphatic heterocycles. The zero-order valence-corrected chi connectivity index (χ0v) is 24.1. The molecule has 0 aliphatic carbocycles. The van der Waals surface area contributed by atoms with Crippen molar-refractivity contribution in [3.63, 3.8) is 0 Å². The lowest BCUT2D eigenvalue weighted by molar-refractivity contribution is -0.143. The van der Waals surface area contributed by atoms with E-state index in [4.69, 9.17) is 17.3 Å². The quantitative estimate of drug-likeness (QED) is 0.246. The first kappa shape index (κ1) is 29.3. The van der Waals surface area contributed by atoms with Gasteiger partial charge in [0.25, 0.3) is 0 Å². The lowest BCUT2D eigenvalue weighted by Crippen LogP contribution is -2.40. The van der Waals surface area contributed by atoms with Gasteiger partial charge in [-0.3, -0.25) is 9.59 Å². The van der Waals surface area contributed by atoms with Gasteiger partial charge in [-0.2, -0.15) is 0 Å². The number of nitrogens with zero attached hydrogens (tertiary/aromatic N) is 2. The van der Waals surface area contributed by atoms with Crippen LogP contribution in [0, 0.1) is 11.7 Å². The van der Waals surface area contributed by atoms with Crippen molar-refractivity contribution in [2.75, 3.05) is 23.3 Å². The van der Waals surface area contributed by atoms with E-state index in [2.05, 4.69) is 10.3 Å². The molecule has 3 aromatic carbocycles. The van der Waals surface area contributed by atoms with E-state index in [0.717, 1.165) is 11.5 Å². The van der Waals surface area contributed by atoms with Crippen LogP contribution in [-0.4, -0.2) is 47.6 Å². The normalized spacial score (nSPS) is 17.7. The van der Waals surface area contributed by atoms with Crippen LogP contribution in [0.5, 0.6) is 0 Å². The second-order valence-corrected chi connectivity index (χ2v) is 12.7. The molecule has 12 heteroatoms. The number of aliphatic carboxylic acids is 1. The zero-order chi connectivity index (χ0) is 30.2. The average molecular weight is 611 g/mol. The highest BCUT2D eigenvalue weighted by atomic mass is 35.5. The fraction of sp³-hybridized carbons (Fsp3) is 0.233. The maximum atomic E-state index is 15.3. The maximum absolute atomic E-state index is 15.3. The number of likely N-dealkylation sites (tertiary alicyclic amines) is 1. The summed E-state index contributed by atoms with van der Waals surface area (Å²) in [5, 5.41) is 14.8. The number of nitrogen functional groups attached to an aromatic ring is 1. The van der Waals surface area contributed by atoms with Crippen LogP contribution in [0.1, 0.15) is 36.6 Å². The molecule has 0 spiro atoms. The largest absolute Gasteiger partial charge is 0.481 e. The number of carbonyl (C=O) groups is 2. The van der Waals surface area contributed by atoms with Gasteiger partial charge in [-0.15, -0.1) is 0 Å². The van der Waals surface area contributed by atoms with E-state index in [0.29, 0.717) is 16.9 Å². The van der Waals surface area contributed by atoms with E-state index in [1.54, 1.807) is 42.6 Å². The molecule has 4 N–H and O–H groups in total. The first-order chi connectivity index (χ1) is 20.0. The number of halogens is 2. The Bertz CT molecular complexity index is 1800. The van der Waals surface area contributed by atoms with Crippen molar-refractivity contribution in [2.45, 2.75) is 30.3 Å². The third-order valence-electron chi connectivity index (χ3n) is 7.57. The van der Waals surface area contributed by atoms with Crippen LogP contribution in [0.3, 0.4) is 0 Å². The molecule has 3 atom stereocenters. The third kappa shape index (κ3) is 5.49. The van der Waals surface area contributed by atoms with Gasteiger partial charge in [0.15, 0.2) is 9.84 Å². The molecule has 0 unspecified atom stereocenters. The number of carbonyl (C=O) groups excluding carboxylic acids is 1. The molecule has 9 nitrogen and oxygen atoms in total. The topological polar surface area (TPSA) is 143 Å². The van der Waals surface area contributed by atoms with E-state index >= 15 is 4.39 Å². The Hall–Kier alpha value is -4.22. The van der Waals surface area contributed by atoms with E-state index in [9.17, 15) is 23.1 Å². The van der Waals surface area contributed by atoms with E-state index in [1.807, 2.05) is 0 Å². The highest BCUT2D eigenvalue weighted by molar-refractivity contribution is 7.91. The number of amides is 1. The molecule has 218 valence electrons. The van der Waals surface area contributed by atoms with Gasteiger partial charge in [-0.25, -0.2) is 17.8 Å². The van der Waals surface area contributed by atoms with Crippen molar-refractivity contribution < 1.29 is 27.5 Å². The summed E-state index contributed by atoms with van der Waals surface area (Å²) in [6, 6.07) is 14.4. The molecule has 1 aromatic heterocycles. The molecular formula is C30H28ClFN4O5S. The predicted molar refractivity (Wildman–Crippen MR) is 158 cm³/mol. The van der Waals surface area contributed by atoms with Gasteiger partial charge in [0, 0.05) is 34.4 Å². The van der Waals surface area contributed by atoms with Gasteiger partial charge in [-0.1, -0.05) is 36.7 Å². The van der Waals surface area contributed by atoms with Crippen LogP contribution in [0.15, 0.2) is 77.8 Å². The van der Waals surface area contributed by atoms with Crippen LogP contribution in [-0.2, 0) is 19.4 Å². The molecule has 0 saturated carbocycles. The predicted octanol–water partition coefficient (Wildman–Crippen LogP) is 5.23. The smallest absolute Gasteiger partial charge is 0.309 e. The van der Waals surface area contributed by atoms with Crippen LogP contribution in [0.25, 0.3) is 10.8 Å². The molecule has 2 heterocycles. The zero-order valence-electron chi connectivity index (χ0n) is 22.5. The highest BCUT2D eigenvalue weighted by Crippen LogP contribution is 2.42. The fourth-order valence-corrected chi connectivity index (χ4v) is 6.80. The number of aromatic nitrogens is 1. The Labute approximate surface area is 247 Å². The maximum Gasteiger partial charge on any atom is 0.309 e. The van der Waals surface area contributed by atoms with Gasteiger partial charge < -0.3 is 21.1 Å². The standard InChI is InChI=1S/C30H28ClFN4O5S/c1-2-42(40,41)25-6-4-3-5-21(25)27-22(30(38)39)12-14-36(27)29(37)26(23-16-18(31)7-10-24(23)32)35-19-8-9-20-17(15-19)11-13-34-28(20)33/h3-11,13,15-16,22,26-27,35H,2,12,14H2,1H3,(H2,33,34)(H,38,39)/t22-,26+,27-/m0/s1. The van der Waals surface area contributed by atoms with Crippen molar-refractivity contribution >= 4 is 55.6 Å². The van der Waals surface area contributed by atoms with Crippen molar-refractivity contribution in [2.24, 2.45) is 5.92 Å². The number of carboxylic acids is 1. The molecule has 1 aliphatic rings. The molecule has 4 aromatic rings. The van der Waals surface area contributed by atoms with Gasteiger partial charge in [0.1, 0.15) is 17.7 Å². The first-order valence-corrected chi connectivity index (χ1v) is 15.3. The van der Waals surface area contributed by atoms with Crippen molar-refractivity contribution in [3.8, 4) is 0 Å². The van der Waals surface area contributed by atoms with E-state index in [1.165, 1.54) is 36.1 Å². The summed E-state index contributed by atoms with van der Waals surface area (Å²) in [7, 11) is -3.76. The third-order valence-corrected chi connectivity index (χ3v) is 9.61. The minimum atomic E-state index is -3.76. The second kappa shape index (κ2) is 11.6. The minimum Gasteiger partial charge on any atom is -0.481 e. The molecule has 1 saturated heterocycles. The van der Waals surface area contributed by atoms with Crippen molar-refractivity contribution in [1.82, 2.24) is 9.88 Å². The summed E-state index contributed by atoms with van der Waals surface area (Å²) in [6.07, 6.45) is 1.63. The Morgan fingerprint density at radius 2 is 1.93 bits per heavy atom. The number of hydrogen-bond acceptors (Lipinski definition) is 7. The summed E-state index contributed by atoms with van der Waals surface area (Å²) >= 11 is 6.22. The van der Waals surface area contributed by atoms with Crippen molar-refractivity contribution in [3.05, 3.63) is 94.9 Å². The molecular weight excluding hydrogens is 583 g/mol. The Morgan fingerprint density at radius 3 is 2.67 bits per heavy atom. The number of nitrogens with one attached hydrogen (secondary N) is 1. The lowest BCUT2D eigenvalue weighted by Gasteiger charge is -2.32. The number of nitrogens with two attached hydrogens (primary N) is 1. The molecule has 42 heavy (non-hydrogen) atoms. The lowest BCUT2D eigenvalue weighted by atomic mass is 9.93. The number of pyridine rings is 1. The van der Waals surface area contributed by atoms with Crippen LogP contribution >= 0.6 is 11.6 Å². The number of hydrogen-bond donors (Lipinski definition) is 3. The first-order valence-electron chi connectivity index (χ1n) is 13.2. The summed E-state index contributed by atoms with van der Waals surface area (Å²) in [6.45, 7) is 1.51. The van der Waals surface area contributed by atoms with E-state index < -0.39 is 45.5 Å². The van der Waals surface area contributed by atoms with E-state index in [-0.39, 0.29) is 39.8 Å². The van der Waals surface area contributed by atoms with Crippen LogP contribution in [0.4, 0.5) is 15.9 Å². The Balaban J connectivity index is 1.62. The molecule has 0 radical (unpaired) electrons. The summed E-state index contributed by atoms with van der Waals surface area (Å²) in [5.41, 5.74) is 6.60. The van der Waals surface area contributed by atoms with Crippen LogP contribution in [0.2, 0.25) is 5.02 Å². The Morgan fingerprint density at radius 1 is 1.17 bits per heavy atom. The number of anilines is 2. The van der Waals surface area contributed by atoms with Gasteiger partial charge in [0.2, 0.25) is 5.91 Å². The number of rotatable bonds is 8. The second-order valence-electron chi connectivity index (χ2n) is 10.0. The van der Waals surface area contributed by atoms with Gasteiger partial charge in [0.05, 0.1) is 22.6 Å².